The van der Waals surface area contributed by atoms with Gasteiger partial charge in [0.25, 0.3) is 0 Å². The first-order chi connectivity index (χ1) is 12.5. The highest BCUT2D eigenvalue weighted by atomic mass is 16.6. The van der Waals surface area contributed by atoms with Gasteiger partial charge in [0.2, 0.25) is 5.82 Å². The molecule has 0 aliphatic carbocycles. The number of likely N-dealkylation sites (tertiary alicyclic amines) is 1. The molecule has 140 valence electrons. The minimum Gasteiger partial charge on any atom is -0.497 e. The Morgan fingerprint density at radius 2 is 2.12 bits per heavy atom. The van der Waals surface area contributed by atoms with Crippen LogP contribution in [0.1, 0.15) is 26.7 Å². The lowest BCUT2D eigenvalue weighted by atomic mass is 10.1. The van der Waals surface area contributed by atoms with Gasteiger partial charge >= 0.3 is 12.1 Å². The SMILES string of the molecule is COc1cccc(-c2noc(NC3CCN(C(=O)OC(C)C)CC3)n2)c1. The van der Waals surface area contributed by atoms with Crippen LogP contribution in [0.3, 0.4) is 0 Å². The van der Waals surface area contributed by atoms with Crippen molar-refractivity contribution in [2.24, 2.45) is 0 Å². The second-order valence-electron chi connectivity index (χ2n) is 6.49. The van der Waals surface area contributed by atoms with Gasteiger partial charge in [0.05, 0.1) is 13.2 Å². The summed E-state index contributed by atoms with van der Waals surface area (Å²) in [7, 11) is 1.62. The highest BCUT2D eigenvalue weighted by Gasteiger charge is 2.25. The van der Waals surface area contributed by atoms with E-state index in [1.54, 1.807) is 12.0 Å². The maximum Gasteiger partial charge on any atom is 0.410 e. The summed E-state index contributed by atoms with van der Waals surface area (Å²) in [6, 6.07) is 8.05. The first kappa shape index (κ1) is 18.0. The van der Waals surface area contributed by atoms with Crippen molar-refractivity contribution in [2.75, 3.05) is 25.5 Å². The summed E-state index contributed by atoms with van der Waals surface area (Å²) in [5, 5.41) is 7.26. The van der Waals surface area contributed by atoms with E-state index in [0.717, 1.165) is 24.2 Å². The molecule has 1 aromatic heterocycles. The molecule has 8 nitrogen and oxygen atoms in total. The predicted octanol–water partition coefficient (Wildman–Crippen LogP) is 3.17. The van der Waals surface area contributed by atoms with Gasteiger partial charge in [-0.3, -0.25) is 0 Å². The molecule has 0 atom stereocenters. The molecule has 0 radical (unpaired) electrons. The summed E-state index contributed by atoms with van der Waals surface area (Å²) in [5.41, 5.74) is 0.826. The second kappa shape index (κ2) is 8.07. The molecule has 1 saturated heterocycles. The Labute approximate surface area is 152 Å². The lowest BCUT2D eigenvalue weighted by Crippen LogP contribution is -2.43. The number of hydrogen-bond donors (Lipinski definition) is 1. The molecule has 0 unspecified atom stereocenters. The molecule has 26 heavy (non-hydrogen) atoms. The minimum atomic E-state index is -0.253. The highest BCUT2D eigenvalue weighted by Crippen LogP contribution is 2.23. The summed E-state index contributed by atoms with van der Waals surface area (Å²) in [4.78, 5) is 18.0. The number of nitrogens with zero attached hydrogens (tertiary/aromatic N) is 3. The van der Waals surface area contributed by atoms with Gasteiger partial charge in [-0.05, 0) is 38.8 Å². The van der Waals surface area contributed by atoms with Crippen LogP contribution in [0.4, 0.5) is 10.8 Å². The van der Waals surface area contributed by atoms with Gasteiger partial charge in [-0.1, -0.05) is 17.3 Å². The number of aromatic nitrogens is 2. The van der Waals surface area contributed by atoms with Crippen molar-refractivity contribution >= 4 is 12.1 Å². The molecular weight excluding hydrogens is 336 g/mol. The summed E-state index contributed by atoms with van der Waals surface area (Å²) in [6.07, 6.45) is 1.23. The molecule has 1 fully saturated rings. The lowest BCUT2D eigenvalue weighted by Gasteiger charge is -2.31. The van der Waals surface area contributed by atoms with Crippen LogP contribution >= 0.6 is 0 Å². The number of ether oxygens (including phenoxy) is 2. The Kier molecular flexibility index (Phi) is 5.60. The molecule has 2 heterocycles. The van der Waals surface area contributed by atoms with E-state index < -0.39 is 0 Å². The fraction of sp³-hybridized carbons (Fsp3) is 0.500. The molecule has 3 rings (SSSR count). The number of anilines is 1. The topological polar surface area (TPSA) is 89.7 Å². The molecule has 1 N–H and O–H groups in total. The van der Waals surface area contributed by atoms with Crippen LogP contribution in [0.25, 0.3) is 11.4 Å². The highest BCUT2D eigenvalue weighted by molar-refractivity contribution is 5.68. The first-order valence-electron chi connectivity index (χ1n) is 8.75. The van der Waals surface area contributed by atoms with Gasteiger partial charge in [0.15, 0.2) is 0 Å². The summed E-state index contributed by atoms with van der Waals surface area (Å²) in [6.45, 7) is 4.98. The molecule has 0 bridgehead atoms. The van der Waals surface area contributed by atoms with Crippen molar-refractivity contribution in [1.82, 2.24) is 15.0 Å². The van der Waals surface area contributed by atoms with E-state index in [-0.39, 0.29) is 18.2 Å². The summed E-state index contributed by atoms with van der Waals surface area (Å²) >= 11 is 0. The standard InChI is InChI=1S/C18H24N4O4/c1-12(2)25-18(23)22-9-7-14(8-10-22)19-17-20-16(21-26-17)13-5-4-6-15(11-13)24-3/h4-6,11-12,14H,7-10H2,1-3H3,(H,19,20,21). The van der Waals surface area contributed by atoms with Gasteiger partial charge in [0, 0.05) is 24.7 Å². The molecule has 2 aromatic rings. The van der Waals surface area contributed by atoms with Gasteiger partial charge in [0.1, 0.15) is 5.75 Å². The minimum absolute atomic E-state index is 0.105. The maximum absolute atomic E-state index is 11.9. The van der Waals surface area contributed by atoms with Crippen LogP contribution in [0.2, 0.25) is 0 Å². The number of piperidine rings is 1. The largest absolute Gasteiger partial charge is 0.497 e. The van der Waals surface area contributed by atoms with E-state index in [4.69, 9.17) is 14.0 Å². The molecule has 0 saturated carbocycles. The van der Waals surface area contributed by atoms with E-state index in [9.17, 15) is 4.79 Å². The smallest absolute Gasteiger partial charge is 0.410 e. The molecule has 1 aliphatic heterocycles. The van der Waals surface area contributed by atoms with Crippen LogP contribution in [0.15, 0.2) is 28.8 Å². The van der Waals surface area contributed by atoms with E-state index in [2.05, 4.69) is 15.5 Å². The van der Waals surface area contributed by atoms with Gasteiger partial charge in [-0.15, -0.1) is 0 Å². The van der Waals surface area contributed by atoms with Crippen LogP contribution < -0.4 is 10.1 Å². The predicted molar refractivity (Wildman–Crippen MR) is 96.1 cm³/mol. The number of carbonyl (C=O) groups is 1. The summed E-state index contributed by atoms with van der Waals surface area (Å²) < 4.78 is 15.7. The molecule has 0 spiro atoms. The monoisotopic (exact) mass is 360 g/mol. The van der Waals surface area contributed by atoms with Crippen LogP contribution in [0.5, 0.6) is 5.75 Å². The quantitative estimate of drug-likeness (QED) is 0.876. The molecule has 8 heteroatoms. The van der Waals surface area contributed by atoms with Crippen molar-refractivity contribution in [2.45, 2.75) is 38.8 Å². The Hall–Kier alpha value is -2.77. The Morgan fingerprint density at radius 1 is 1.35 bits per heavy atom. The van der Waals surface area contributed by atoms with Gasteiger partial charge in [-0.25, -0.2) is 4.79 Å². The summed E-state index contributed by atoms with van der Waals surface area (Å²) in [5.74, 6) is 1.24. The number of nitrogens with one attached hydrogen (secondary N) is 1. The van der Waals surface area contributed by atoms with E-state index >= 15 is 0 Å². The van der Waals surface area contributed by atoms with Crippen molar-refractivity contribution in [3.8, 4) is 17.1 Å². The first-order valence-corrected chi connectivity index (χ1v) is 8.75. The number of carbonyl (C=O) groups excluding carboxylic acids is 1. The fourth-order valence-corrected chi connectivity index (χ4v) is 2.82. The third kappa shape index (κ3) is 4.44. The second-order valence-corrected chi connectivity index (χ2v) is 6.49. The van der Waals surface area contributed by atoms with Crippen molar-refractivity contribution in [3.05, 3.63) is 24.3 Å². The van der Waals surface area contributed by atoms with Crippen LogP contribution in [-0.2, 0) is 4.74 Å². The molecule has 1 aliphatic rings. The van der Waals surface area contributed by atoms with Crippen LogP contribution in [-0.4, -0.2) is 53.5 Å². The Bertz CT molecular complexity index is 738. The molecule has 1 aromatic carbocycles. The average molecular weight is 360 g/mol. The van der Waals surface area contributed by atoms with Crippen LogP contribution in [0, 0.1) is 0 Å². The number of benzene rings is 1. The van der Waals surface area contributed by atoms with E-state index in [0.29, 0.717) is 24.9 Å². The van der Waals surface area contributed by atoms with Crippen molar-refractivity contribution in [3.63, 3.8) is 0 Å². The molecular formula is C18H24N4O4. The number of methoxy groups -OCH3 is 1. The fourth-order valence-electron chi connectivity index (χ4n) is 2.82. The lowest BCUT2D eigenvalue weighted by molar-refractivity contribution is 0.0700. The third-order valence-corrected chi connectivity index (χ3v) is 4.17. The van der Waals surface area contributed by atoms with E-state index in [1.807, 2.05) is 38.1 Å². The van der Waals surface area contributed by atoms with E-state index in [1.165, 1.54) is 0 Å². The average Bonchev–Trinajstić information content (AvgIpc) is 3.10. The zero-order valence-electron chi connectivity index (χ0n) is 15.3. The van der Waals surface area contributed by atoms with Crippen molar-refractivity contribution in [1.29, 1.82) is 0 Å². The number of rotatable bonds is 5. The van der Waals surface area contributed by atoms with Gasteiger partial charge < -0.3 is 24.2 Å². The normalized spacial score (nSPS) is 15.2. The number of hydrogen-bond acceptors (Lipinski definition) is 7. The zero-order valence-corrected chi connectivity index (χ0v) is 15.3. The Balaban J connectivity index is 1.55. The van der Waals surface area contributed by atoms with Crippen molar-refractivity contribution < 1.29 is 18.8 Å². The van der Waals surface area contributed by atoms with Gasteiger partial charge in [-0.2, -0.15) is 4.98 Å². The Morgan fingerprint density at radius 3 is 2.81 bits per heavy atom. The third-order valence-electron chi connectivity index (χ3n) is 4.17. The number of amides is 1. The maximum atomic E-state index is 11.9. The molecule has 1 amide bonds. The zero-order chi connectivity index (χ0) is 18.5.